The minimum atomic E-state index is -4.46. The van der Waals surface area contributed by atoms with Gasteiger partial charge in [-0.1, -0.05) is 12.1 Å². The van der Waals surface area contributed by atoms with Crippen LogP contribution in [-0.4, -0.2) is 45.8 Å². The van der Waals surface area contributed by atoms with Crippen molar-refractivity contribution in [1.29, 1.82) is 0 Å². The third kappa shape index (κ3) is 7.72. The van der Waals surface area contributed by atoms with Crippen LogP contribution in [0, 0.1) is 0 Å². The average Bonchev–Trinajstić information content (AvgIpc) is 2.74. The Bertz CT molecular complexity index is 917. The summed E-state index contributed by atoms with van der Waals surface area (Å²) in [5.74, 6) is -0.783. The van der Waals surface area contributed by atoms with Gasteiger partial charge in [-0.2, -0.15) is 13.2 Å². The van der Waals surface area contributed by atoms with E-state index in [1.807, 2.05) is 25.1 Å². The lowest BCUT2D eigenvalue weighted by molar-refractivity contribution is -0.153. The quantitative estimate of drug-likeness (QED) is 0.618. The van der Waals surface area contributed by atoms with Crippen LogP contribution >= 0.6 is 0 Å². The third-order valence-corrected chi connectivity index (χ3v) is 4.20. The standard InChI is InChI=1S/C21H24F3N3O4/c1-27(2)16-6-4-5-15(12-16)20(29)26-25-19(28)10-8-14-7-9-17(18(11-14)30-3)31-13-21(22,23)24/h4-7,9,11-12H,8,10,13H2,1-3H3,(H,25,28)(H,26,29). The second kappa shape index (κ2) is 10.6. The van der Waals surface area contributed by atoms with Crippen LogP contribution in [0.15, 0.2) is 42.5 Å². The molecule has 0 aliphatic heterocycles. The minimum Gasteiger partial charge on any atom is -0.493 e. The van der Waals surface area contributed by atoms with Crippen LogP contribution in [0.5, 0.6) is 11.5 Å². The first-order valence-electron chi connectivity index (χ1n) is 9.32. The number of alkyl halides is 3. The smallest absolute Gasteiger partial charge is 0.422 e. The summed E-state index contributed by atoms with van der Waals surface area (Å²) in [5.41, 5.74) is 6.60. The zero-order chi connectivity index (χ0) is 23.0. The largest absolute Gasteiger partial charge is 0.493 e. The predicted octanol–water partition coefficient (Wildman–Crippen LogP) is 3.10. The van der Waals surface area contributed by atoms with Crippen LogP contribution in [0.4, 0.5) is 18.9 Å². The maximum absolute atomic E-state index is 12.3. The molecule has 2 aromatic rings. The molecule has 0 bridgehead atoms. The van der Waals surface area contributed by atoms with Gasteiger partial charge in [0.1, 0.15) is 0 Å². The van der Waals surface area contributed by atoms with Crippen molar-refractivity contribution in [1.82, 2.24) is 10.9 Å². The Balaban J connectivity index is 1.86. The number of hydrogen-bond acceptors (Lipinski definition) is 5. The number of hydrazine groups is 1. The minimum absolute atomic E-state index is 0.0414. The van der Waals surface area contributed by atoms with E-state index in [1.165, 1.54) is 19.2 Å². The van der Waals surface area contributed by atoms with Crippen LogP contribution in [-0.2, 0) is 11.2 Å². The molecule has 7 nitrogen and oxygen atoms in total. The normalized spacial score (nSPS) is 10.9. The van der Waals surface area contributed by atoms with Crippen LogP contribution in [0.2, 0.25) is 0 Å². The highest BCUT2D eigenvalue weighted by Gasteiger charge is 2.29. The third-order valence-electron chi connectivity index (χ3n) is 4.20. The molecule has 168 valence electrons. The van der Waals surface area contributed by atoms with Crippen molar-refractivity contribution < 1.29 is 32.2 Å². The molecule has 0 fully saturated rings. The van der Waals surface area contributed by atoms with Gasteiger partial charge >= 0.3 is 6.18 Å². The number of carbonyl (C=O) groups excluding carboxylic acids is 2. The molecule has 2 aromatic carbocycles. The number of carbonyl (C=O) groups is 2. The molecule has 0 spiro atoms. The number of ether oxygens (including phenoxy) is 2. The number of nitrogens with zero attached hydrogens (tertiary/aromatic N) is 1. The van der Waals surface area contributed by atoms with E-state index in [2.05, 4.69) is 10.9 Å². The first kappa shape index (κ1) is 23.8. The molecule has 0 heterocycles. The molecule has 0 aliphatic rings. The zero-order valence-electron chi connectivity index (χ0n) is 17.4. The Labute approximate surface area is 178 Å². The van der Waals surface area contributed by atoms with Gasteiger partial charge in [0.05, 0.1) is 7.11 Å². The maximum Gasteiger partial charge on any atom is 0.422 e. The average molecular weight is 439 g/mol. The fourth-order valence-electron chi connectivity index (χ4n) is 2.59. The van der Waals surface area contributed by atoms with Crippen LogP contribution in [0.1, 0.15) is 22.3 Å². The van der Waals surface area contributed by atoms with Crippen molar-refractivity contribution in [2.45, 2.75) is 19.0 Å². The van der Waals surface area contributed by atoms with Crippen molar-refractivity contribution >= 4 is 17.5 Å². The zero-order valence-corrected chi connectivity index (χ0v) is 17.4. The molecule has 0 aliphatic carbocycles. The molecule has 2 N–H and O–H groups in total. The summed E-state index contributed by atoms with van der Waals surface area (Å²) < 4.78 is 46.7. The Morgan fingerprint density at radius 2 is 1.77 bits per heavy atom. The predicted molar refractivity (Wildman–Crippen MR) is 109 cm³/mol. The Kier molecular flexibility index (Phi) is 8.12. The van der Waals surface area contributed by atoms with E-state index in [0.717, 1.165) is 5.69 Å². The number of anilines is 1. The van der Waals surface area contributed by atoms with Crippen molar-refractivity contribution in [2.24, 2.45) is 0 Å². The molecule has 0 radical (unpaired) electrons. The number of amides is 2. The van der Waals surface area contributed by atoms with Crippen molar-refractivity contribution in [2.75, 3.05) is 32.7 Å². The van der Waals surface area contributed by atoms with Gasteiger partial charge in [0, 0.05) is 31.8 Å². The van der Waals surface area contributed by atoms with Crippen LogP contribution in [0.3, 0.4) is 0 Å². The number of rotatable bonds is 8. The number of benzene rings is 2. The van der Waals surface area contributed by atoms with Crippen LogP contribution < -0.4 is 25.2 Å². The first-order valence-corrected chi connectivity index (χ1v) is 9.32. The fraction of sp³-hybridized carbons (Fsp3) is 0.333. The van der Waals surface area contributed by atoms with Gasteiger partial charge < -0.3 is 14.4 Å². The second-order valence-electron chi connectivity index (χ2n) is 6.84. The summed E-state index contributed by atoms with van der Waals surface area (Å²) in [6, 6.07) is 11.3. The summed E-state index contributed by atoms with van der Waals surface area (Å²) in [7, 11) is 5.01. The van der Waals surface area contributed by atoms with Crippen molar-refractivity contribution in [3.63, 3.8) is 0 Å². The molecule has 10 heteroatoms. The molecule has 0 unspecified atom stereocenters. The fourth-order valence-corrected chi connectivity index (χ4v) is 2.59. The van der Waals surface area contributed by atoms with Crippen molar-refractivity contribution in [3.05, 3.63) is 53.6 Å². The lowest BCUT2D eigenvalue weighted by Crippen LogP contribution is -2.41. The molecular formula is C21H24F3N3O4. The maximum atomic E-state index is 12.3. The molecule has 2 rings (SSSR count). The summed E-state index contributed by atoms with van der Waals surface area (Å²) in [6.45, 7) is -1.43. The van der Waals surface area contributed by atoms with E-state index in [1.54, 1.807) is 24.3 Å². The molecule has 31 heavy (non-hydrogen) atoms. The van der Waals surface area contributed by atoms with Crippen molar-refractivity contribution in [3.8, 4) is 11.5 Å². The monoisotopic (exact) mass is 439 g/mol. The molecular weight excluding hydrogens is 415 g/mol. The van der Waals surface area contributed by atoms with Gasteiger partial charge in [-0.3, -0.25) is 20.4 Å². The Hall–Kier alpha value is -3.43. The number of aryl methyl sites for hydroxylation is 1. The molecule has 2 amide bonds. The topological polar surface area (TPSA) is 79.9 Å². The van der Waals surface area contributed by atoms with Gasteiger partial charge in [-0.05, 0) is 42.3 Å². The molecule has 0 saturated carbocycles. The van der Waals surface area contributed by atoms with E-state index in [9.17, 15) is 22.8 Å². The number of halogens is 3. The van der Waals surface area contributed by atoms with Gasteiger partial charge in [-0.15, -0.1) is 0 Å². The molecule has 0 atom stereocenters. The Morgan fingerprint density at radius 3 is 2.42 bits per heavy atom. The highest BCUT2D eigenvalue weighted by molar-refractivity contribution is 5.96. The Morgan fingerprint density at radius 1 is 1.03 bits per heavy atom. The molecule has 0 saturated heterocycles. The molecule has 0 aromatic heterocycles. The lowest BCUT2D eigenvalue weighted by atomic mass is 10.1. The SMILES string of the molecule is COc1cc(CCC(=O)NNC(=O)c2cccc(N(C)C)c2)ccc1OCC(F)(F)F. The number of methoxy groups -OCH3 is 1. The highest BCUT2D eigenvalue weighted by Crippen LogP contribution is 2.30. The summed E-state index contributed by atoms with van der Waals surface area (Å²) in [5, 5.41) is 0. The van der Waals surface area contributed by atoms with E-state index in [4.69, 9.17) is 9.47 Å². The van der Waals surface area contributed by atoms with E-state index < -0.39 is 24.6 Å². The summed E-state index contributed by atoms with van der Waals surface area (Å²) in [4.78, 5) is 26.1. The number of nitrogens with one attached hydrogen (secondary N) is 2. The second-order valence-corrected chi connectivity index (χ2v) is 6.84. The highest BCUT2D eigenvalue weighted by atomic mass is 19.4. The summed E-state index contributed by atoms with van der Waals surface area (Å²) >= 11 is 0. The first-order chi connectivity index (χ1) is 14.6. The van der Waals surface area contributed by atoms with E-state index >= 15 is 0 Å². The number of hydrogen-bond donors (Lipinski definition) is 2. The van der Waals surface area contributed by atoms with Gasteiger partial charge in [0.25, 0.3) is 5.91 Å². The van der Waals surface area contributed by atoms with Gasteiger partial charge in [-0.25, -0.2) is 0 Å². The summed E-state index contributed by atoms with van der Waals surface area (Å²) in [6.07, 6.45) is -4.13. The van der Waals surface area contributed by atoms with Gasteiger partial charge in [0.15, 0.2) is 18.1 Å². The van der Waals surface area contributed by atoms with E-state index in [-0.39, 0.29) is 24.3 Å². The van der Waals surface area contributed by atoms with E-state index in [0.29, 0.717) is 11.1 Å². The lowest BCUT2D eigenvalue weighted by Gasteiger charge is -2.14. The van der Waals surface area contributed by atoms with Crippen LogP contribution in [0.25, 0.3) is 0 Å². The van der Waals surface area contributed by atoms with Gasteiger partial charge in [0.2, 0.25) is 5.91 Å².